The summed E-state index contributed by atoms with van der Waals surface area (Å²) < 4.78 is 5.40. The minimum absolute atomic E-state index is 0.0137. The Bertz CT molecular complexity index is 468. The molecule has 5 heteroatoms. The van der Waals surface area contributed by atoms with Crippen LogP contribution in [-0.2, 0) is 4.79 Å². The summed E-state index contributed by atoms with van der Waals surface area (Å²) in [5.41, 5.74) is 0.807. The summed E-state index contributed by atoms with van der Waals surface area (Å²) in [5.74, 6) is -0.154. The van der Waals surface area contributed by atoms with Gasteiger partial charge in [0.1, 0.15) is 11.8 Å². The van der Waals surface area contributed by atoms with Gasteiger partial charge in [0.05, 0.1) is 19.1 Å². The van der Waals surface area contributed by atoms with E-state index in [0.29, 0.717) is 18.9 Å². The van der Waals surface area contributed by atoms with Crippen LogP contribution in [0.15, 0.2) is 24.3 Å². The number of carbonyl (C=O) groups is 1. The maximum Gasteiger partial charge on any atom is 0.304 e. The van der Waals surface area contributed by atoms with Gasteiger partial charge in [0.2, 0.25) is 0 Å². The van der Waals surface area contributed by atoms with Gasteiger partial charge in [0.25, 0.3) is 0 Å². The molecule has 0 saturated carbocycles. The lowest BCUT2D eigenvalue weighted by Gasteiger charge is -2.22. The Balaban J connectivity index is 2.81. The van der Waals surface area contributed by atoms with Gasteiger partial charge in [-0.25, -0.2) is 0 Å². The zero-order valence-corrected chi connectivity index (χ0v) is 11.2. The number of ether oxygens (including phenoxy) is 1. The Morgan fingerprint density at radius 3 is 2.89 bits per heavy atom. The molecular weight excluding hydrogens is 244 g/mol. The SMILES string of the molecule is CCOc1cccc(C(C#N)N(C)CCC(=O)O)c1. The summed E-state index contributed by atoms with van der Waals surface area (Å²) >= 11 is 0. The molecule has 19 heavy (non-hydrogen) atoms. The van der Waals surface area contributed by atoms with Crippen molar-refractivity contribution in [1.82, 2.24) is 4.90 Å². The second-order valence-electron chi connectivity index (χ2n) is 4.16. The van der Waals surface area contributed by atoms with Crippen molar-refractivity contribution in [2.45, 2.75) is 19.4 Å². The van der Waals surface area contributed by atoms with Crippen molar-refractivity contribution in [3.05, 3.63) is 29.8 Å². The van der Waals surface area contributed by atoms with E-state index in [0.717, 1.165) is 5.56 Å². The molecule has 0 bridgehead atoms. The molecule has 0 heterocycles. The van der Waals surface area contributed by atoms with E-state index < -0.39 is 12.0 Å². The van der Waals surface area contributed by atoms with Gasteiger partial charge in [-0.1, -0.05) is 12.1 Å². The first kappa shape index (κ1) is 15.0. The zero-order chi connectivity index (χ0) is 14.3. The van der Waals surface area contributed by atoms with Crippen molar-refractivity contribution in [2.24, 2.45) is 0 Å². The lowest BCUT2D eigenvalue weighted by atomic mass is 10.1. The number of hydrogen-bond donors (Lipinski definition) is 1. The van der Waals surface area contributed by atoms with Crippen LogP contribution in [0.25, 0.3) is 0 Å². The van der Waals surface area contributed by atoms with Crippen LogP contribution >= 0.6 is 0 Å². The first-order valence-corrected chi connectivity index (χ1v) is 6.13. The molecule has 0 aromatic heterocycles. The first-order valence-electron chi connectivity index (χ1n) is 6.13. The summed E-state index contributed by atoms with van der Waals surface area (Å²) in [5, 5.41) is 17.9. The predicted molar refractivity (Wildman–Crippen MR) is 70.8 cm³/mol. The van der Waals surface area contributed by atoms with Gasteiger partial charge in [0.15, 0.2) is 0 Å². The highest BCUT2D eigenvalue weighted by atomic mass is 16.5. The average molecular weight is 262 g/mol. The summed E-state index contributed by atoms with van der Waals surface area (Å²) in [6.07, 6.45) is 0.0137. The van der Waals surface area contributed by atoms with Crippen LogP contribution in [0.2, 0.25) is 0 Å². The lowest BCUT2D eigenvalue weighted by Crippen LogP contribution is -2.26. The van der Waals surface area contributed by atoms with Gasteiger partial charge in [-0.15, -0.1) is 0 Å². The van der Waals surface area contributed by atoms with Crippen LogP contribution in [0.1, 0.15) is 24.9 Å². The van der Waals surface area contributed by atoms with E-state index in [9.17, 15) is 10.1 Å². The van der Waals surface area contributed by atoms with E-state index in [1.807, 2.05) is 31.2 Å². The fourth-order valence-corrected chi connectivity index (χ4v) is 1.77. The molecule has 0 aliphatic heterocycles. The molecule has 1 aromatic rings. The highest BCUT2D eigenvalue weighted by Gasteiger charge is 2.17. The van der Waals surface area contributed by atoms with Gasteiger partial charge in [0, 0.05) is 6.54 Å². The molecule has 102 valence electrons. The molecule has 1 unspecified atom stereocenters. The lowest BCUT2D eigenvalue weighted by molar-refractivity contribution is -0.137. The Morgan fingerprint density at radius 1 is 1.58 bits per heavy atom. The fourth-order valence-electron chi connectivity index (χ4n) is 1.77. The molecule has 0 aliphatic rings. The molecule has 1 N–H and O–H groups in total. The number of nitrogens with zero attached hydrogens (tertiary/aromatic N) is 2. The Labute approximate surface area is 113 Å². The van der Waals surface area contributed by atoms with Crippen LogP contribution in [0, 0.1) is 11.3 Å². The van der Waals surface area contributed by atoms with Crippen LogP contribution in [0.5, 0.6) is 5.75 Å². The molecule has 0 aliphatic carbocycles. The molecule has 5 nitrogen and oxygen atoms in total. The van der Waals surface area contributed by atoms with Gasteiger partial charge >= 0.3 is 5.97 Å². The molecule has 0 amide bonds. The van der Waals surface area contributed by atoms with E-state index in [1.165, 1.54) is 0 Å². The van der Waals surface area contributed by atoms with E-state index >= 15 is 0 Å². The molecule has 0 fully saturated rings. The Morgan fingerprint density at radius 2 is 2.32 bits per heavy atom. The second-order valence-corrected chi connectivity index (χ2v) is 4.16. The normalized spacial score (nSPS) is 11.9. The quantitative estimate of drug-likeness (QED) is 0.814. The van der Waals surface area contributed by atoms with Crippen molar-refractivity contribution in [1.29, 1.82) is 5.26 Å². The molecule has 1 rings (SSSR count). The number of benzene rings is 1. The van der Waals surface area contributed by atoms with E-state index in [-0.39, 0.29) is 6.42 Å². The summed E-state index contributed by atoms with van der Waals surface area (Å²) in [6, 6.07) is 9.03. The van der Waals surface area contributed by atoms with Crippen molar-refractivity contribution in [2.75, 3.05) is 20.2 Å². The summed E-state index contributed by atoms with van der Waals surface area (Å²) in [4.78, 5) is 12.3. The van der Waals surface area contributed by atoms with Crippen molar-refractivity contribution in [3.8, 4) is 11.8 Å². The monoisotopic (exact) mass is 262 g/mol. The Kier molecular flexibility index (Phi) is 5.83. The number of nitriles is 1. The maximum absolute atomic E-state index is 10.6. The molecular formula is C14H18N2O3. The first-order chi connectivity index (χ1) is 9.08. The largest absolute Gasteiger partial charge is 0.494 e. The van der Waals surface area contributed by atoms with Crippen molar-refractivity contribution in [3.63, 3.8) is 0 Å². The topological polar surface area (TPSA) is 73.6 Å². The molecule has 0 radical (unpaired) electrons. The van der Waals surface area contributed by atoms with Crippen LogP contribution in [0.4, 0.5) is 0 Å². The third-order valence-corrected chi connectivity index (χ3v) is 2.73. The number of carboxylic acid groups (broad SMARTS) is 1. The molecule has 1 atom stereocenters. The van der Waals surface area contributed by atoms with Gasteiger partial charge < -0.3 is 9.84 Å². The predicted octanol–water partition coefficient (Wildman–Crippen LogP) is 2.06. The van der Waals surface area contributed by atoms with Crippen molar-refractivity contribution < 1.29 is 14.6 Å². The number of rotatable bonds is 7. The maximum atomic E-state index is 10.6. The second kappa shape index (κ2) is 7.39. The summed E-state index contributed by atoms with van der Waals surface area (Å²) in [6.45, 7) is 2.79. The van der Waals surface area contributed by atoms with Crippen LogP contribution < -0.4 is 4.74 Å². The molecule has 0 spiro atoms. The van der Waals surface area contributed by atoms with E-state index in [1.54, 1.807) is 11.9 Å². The van der Waals surface area contributed by atoms with Crippen LogP contribution in [-0.4, -0.2) is 36.2 Å². The van der Waals surface area contributed by atoms with Gasteiger partial charge in [-0.2, -0.15) is 5.26 Å². The van der Waals surface area contributed by atoms with Gasteiger partial charge in [-0.05, 0) is 31.7 Å². The minimum atomic E-state index is -0.869. The van der Waals surface area contributed by atoms with E-state index in [2.05, 4.69) is 6.07 Å². The van der Waals surface area contributed by atoms with Gasteiger partial charge in [-0.3, -0.25) is 9.69 Å². The standard InChI is InChI=1S/C14H18N2O3/c1-3-19-12-6-4-5-11(9-12)13(10-15)16(2)8-7-14(17)18/h4-6,9,13H,3,7-8H2,1-2H3,(H,17,18). The summed E-state index contributed by atoms with van der Waals surface area (Å²) in [7, 11) is 1.74. The molecule has 0 saturated heterocycles. The van der Waals surface area contributed by atoms with Crippen molar-refractivity contribution >= 4 is 5.97 Å². The molecule has 1 aromatic carbocycles. The minimum Gasteiger partial charge on any atom is -0.494 e. The number of hydrogen-bond acceptors (Lipinski definition) is 4. The number of aliphatic carboxylic acids is 1. The number of carboxylic acids is 1. The highest BCUT2D eigenvalue weighted by Crippen LogP contribution is 2.23. The third kappa shape index (κ3) is 4.60. The fraction of sp³-hybridized carbons (Fsp3) is 0.429. The van der Waals surface area contributed by atoms with Crippen LogP contribution in [0.3, 0.4) is 0 Å². The van der Waals surface area contributed by atoms with E-state index in [4.69, 9.17) is 9.84 Å². The smallest absolute Gasteiger partial charge is 0.304 e. The highest BCUT2D eigenvalue weighted by molar-refractivity contribution is 5.66. The average Bonchev–Trinajstić information content (AvgIpc) is 2.38. The Hall–Kier alpha value is -2.06. The third-order valence-electron chi connectivity index (χ3n) is 2.73. The zero-order valence-electron chi connectivity index (χ0n) is 11.2.